The van der Waals surface area contributed by atoms with Gasteiger partial charge in [0, 0.05) is 18.8 Å². The molecule has 0 radical (unpaired) electrons. The average Bonchev–Trinajstić information content (AvgIpc) is 2.41. The highest BCUT2D eigenvalue weighted by Crippen LogP contribution is 2.37. The quantitative estimate of drug-likeness (QED) is 0.868. The standard InChI is InChI=1S/C17H24N2O3/c1-12-5-6-14(7-13(12)2)18-15(20)19-8-17(9-19)10-21-16(3,4)22-11-17/h5-7H,8-11H2,1-4H3,(H,18,20). The van der Waals surface area contributed by atoms with Crippen LogP contribution in [0, 0.1) is 19.3 Å². The third-order valence-electron chi connectivity index (χ3n) is 4.55. The summed E-state index contributed by atoms with van der Waals surface area (Å²) in [4.78, 5) is 14.1. The molecule has 0 atom stereocenters. The Balaban J connectivity index is 1.54. The maximum atomic E-state index is 12.3. The number of hydrogen-bond acceptors (Lipinski definition) is 3. The van der Waals surface area contributed by atoms with E-state index in [9.17, 15) is 4.79 Å². The van der Waals surface area contributed by atoms with Crippen LogP contribution < -0.4 is 5.32 Å². The second kappa shape index (κ2) is 5.25. The van der Waals surface area contributed by atoms with E-state index in [0.29, 0.717) is 26.3 Å². The Labute approximate surface area is 131 Å². The lowest BCUT2D eigenvalue weighted by Gasteiger charge is -2.53. The Morgan fingerprint density at radius 1 is 1.14 bits per heavy atom. The van der Waals surface area contributed by atoms with Crippen molar-refractivity contribution < 1.29 is 14.3 Å². The molecule has 2 amide bonds. The van der Waals surface area contributed by atoms with Crippen molar-refractivity contribution in [2.24, 2.45) is 5.41 Å². The second-order valence-corrected chi connectivity index (χ2v) is 7.06. The molecule has 22 heavy (non-hydrogen) atoms. The van der Waals surface area contributed by atoms with Crippen LogP contribution in [-0.4, -0.2) is 43.0 Å². The van der Waals surface area contributed by atoms with Crippen molar-refractivity contribution in [3.63, 3.8) is 0 Å². The molecule has 0 saturated carbocycles. The van der Waals surface area contributed by atoms with Gasteiger partial charge in [-0.2, -0.15) is 0 Å². The van der Waals surface area contributed by atoms with E-state index in [2.05, 4.69) is 12.2 Å². The number of amides is 2. The van der Waals surface area contributed by atoms with Crippen LogP contribution >= 0.6 is 0 Å². The Bertz CT molecular complexity index is 580. The molecular weight excluding hydrogens is 280 g/mol. The van der Waals surface area contributed by atoms with E-state index in [4.69, 9.17) is 9.47 Å². The average molecular weight is 304 g/mol. The molecule has 1 aromatic carbocycles. The van der Waals surface area contributed by atoms with Gasteiger partial charge in [-0.15, -0.1) is 0 Å². The summed E-state index contributed by atoms with van der Waals surface area (Å²) in [5, 5.41) is 2.96. The Morgan fingerprint density at radius 3 is 2.36 bits per heavy atom. The smallest absolute Gasteiger partial charge is 0.321 e. The van der Waals surface area contributed by atoms with Gasteiger partial charge in [0.25, 0.3) is 0 Å². The first-order valence-corrected chi connectivity index (χ1v) is 7.70. The summed E-state index contributed by atoms with van der Waals surface area (Å²) in [7, 11) is 0. The molecule has 120 valence electrons. The van der Waals surface area contributed by atoms with Crippen molar-refractivity contribution in [1.82, 2.24) is 4.90 Å². The molecule has 2 aliphatic rings. The fourth-order valence-corrected chi connectivity index (χ4v) is 2.85. The van der Waals surface area contributed by atoms with Crippen LogP contribution in [0.5, 0.6) is 0 Å². The van der Waals surface area contributed by atoms with Crippen LogP contribution in [0.2, 0.25) is 0 Å². The minimum absolute atomic E-state index is 0.0317. The summed E-state index contributed by atoms with van der Waals surface area (Å²) < 4.78 is 11.4. The Morgan fingerprint density at radius 2 is 1.77 bits per heavy atom. The first kappa shape index (κ1) is 15.3. The molecule has 5 heteroatoms. The monoisotopic (exact) mass is 304 g/mol. The van der Waals surface area contributed by atoms with Crippen molar-refractivity contribution in [2.45, 2.75) is 33.5 Å². The van der Waals surface area contributed by atoms with E-state index >= 15 is 0 Å². The third-order valence-corrected chi connectivity index (χ3v) is 4.55. The lowest BCUT2D eigenvalue weighted by molar-refractivity contribution is -0.301. The Hall–Kier alpha value is -1.59. The van der Waals surface area contributed by atoms with E-state index in [1.54, 1.807) is 4.90 Å². The predicted octanol–water partition coefficient (Wildman–Crippen LogP) is 2.92. The number of urea groups is 1. The molecule has 2 fully saturated rings. The number of nitrogens with one attached hydrogen (secondary N) is 1. The number of hydrogen-bond donors (Lipinski definition) is 1. The molecule has 1 aromatic rings. The van der Waals surface area contributed by atoms with Gasteiger partial charge in [-0.25, -0.2) is 4.79 Å². The van der Waals surface area contributed by atoms with Crippen molar-refractivity contribution >= 4 is 11.7 Å². The number of ether oxygens (including phenoxy) is 2. The van der Waals surface area contributed by atoms with E-state index in [0.717, 1.165) is 5.69 Å². The summed E-state index contributed by atoms with van der Waals surface area (Å²) in [6.45, 7) is 10.6. The van der Waals surface area contributed by atoms with Gasteiger partial charge in [0.05, 0.1) is 18.6 Å². The van der Waals surface area contributed by atoms with Gasteiger partial charge in [0.15, 0.2) is 5.79 Å². The first-order chi connectivity index (χ1) is 10.3. The highest BCUT2D eigenvalue weighted by molar-refractivity contribution is 5.90. The zero-order chi connectivity index (χ0) is 16.0. The maximum Gasteiger partial charge on any atom is 0.321 e. The van der Waals surface area contributed by atoms with Crippen molar-refractivity contribution in [1.29, 1.82) is 0 Å². The van der Waals surface area contributed by atoms with Crippen LogP contribution in [-0.2, 0) is 9.47 Å². The molecule has 2 heterocycles. The van der Waals surface area contributed by atoms with Crippen molar-refractivity contribution in [3.8, 4) is 0 Å². The van der Waals surface area contributed by atoms with Crippen LogP contribution in [0.3, 0.4) is 0 Å². The third kappa shape index (κ3) is 2.96. The highest BCUT2D eigenvalue weighted by Gasteiger charge is 2.50. The second-order valence-electron chi connectivity index (χ2n) is 7.06. The summed E-state index contributed by atoms with van der Waals surface area (Å²) >= 11 is 0. The number of rotatable bonds is 1. The summed E-state index contributed by atoms with van der Waals surface area (Å²) in [6.07, 6.45) is 0. The predicted molar refractivity (Wildman–Crippen MR) is 84.9 cm³/mol. The zero-order valence-electron chi connectivity index (χ0n) is 13.7. The number of likely N-dealkylation sites (tertiary alicyclic amines) is 1. The minimum Gasteiger partial charge on any atom is -0.350 e. The fraction of sp³-hybridized carbons (Fsp3) is 0.588. The molecule has 0 aromatic heterocycles. The highest BCUT2D eigenvalue weighted by atomic mass is 16.7. The van der Waals surface area contributed by atoms with Gasteiger partial charge < -0.3 is 19.7 Å². The lowest BCUT2D eigenvalue weighted by atomic mass is 9.81. The molecule has 3 rings (SSSR count). The number of anilines is 1. The zero-order valence-corrected chi connectivity index (χ0v) is 13.7. The number of nitrogens with zero attached hydrogens (tertiary/aromatic N) is 1. The number of carbonyl (C=O) groups excluding carboxylic acids is 1. The van der Waals surface area contributed by atoms with Gasteiger partial charge >= 0.3 is 6.03 Å². The molecule has 0 aliphatic carbocycles. The van der Waals surface area contributed by atoms with Crippen LogP contribution in [0.25, 0.3) is 0 Å². The van der Waals surface area contributed by atoms with Gasteiger partial charge in [-0.1, -0.05) is 6.07 Å². The van der Waals surface area contributed by atoms with Gasteiger partial charge in [-0.05, 0) is 51.0 Å². The van der Waals surface area contributed by atoms with Crippen LogP contribution in [0.4, 0.5) is 10.5 Å². The van der Waals surface area contributed by atoms with Crippen molar-refractivity contribution in [2.75, 3.05) is 31.6 Å². The van der Waals surface area contributed by atoms with E-state index in [-0.39, 0.29) is 11.4 Å². The number of benzene rings is 1. The molecular formula is C17H24N2O3. The van der Waals surface area contributed by atoms with Gasteiger partial charge in [0.1, 0.15) is 0 Å². The number of carbonyl (C=O) groups is 1. The minimum atomic E-state index is -0.507. The first-order valence-electron chi connectivity index (χ1n) is 7.70. The van der Waals surface area contributed by atoms with E-state index < -0.39 is 5.79 Å². The molecule has 0 unspecified atom stereocenters. The van der Waals surface area contributed by atoms with Gasteiger partial charge in [0.2, 0.25) is 0 Å². The molecule has 1 spiro atoms. The van der Waals surface area contributed by atoms with E-state index in [1.807, 2.05) is 39.0 Å². The van der Waals surface area contributed by atoms with Crippen LogP contribution in [0.1, 0.15) is 25.0 Å². The summed E-state index contributed by atoms with van der Waals surface area (Å²) in [6, 6.07) is 5.90. The van der Waals surface area contributed by atoms with Crippen LogP contribution in [0.15, 0.2) is 18.2 Å². The molecule has 5 nitrogen and oxygen atoms in total. The topological polar surface area (TPSA) is 50.8 Å². The normalized spacial score (nSPS) is 22.3. The van der Waals surface area contributed by atoms with Gasteiger partial charge in [-0.3, -0.25) is 0 Å². The van der Waals surface area contributed by atoms with Crippen molar-refractivity contribution in [3.05, 3.63) is 29.3 Å². The lowest BCUT2D eigenvalue weighted by Crippen LogP contribution is -2.66. The number of aryl methyl sites for hydroxylation is 2. The fourth-order valence-electron chi connectivity index (χ4n) is 2.85. The van der Waals surface area contributed by atoms with E-state index in [1.165, 1.54) is 11.1 Å². The SMILES string of the molecule is Cc1ccc(NC(=O)N2CC3(COC(C)(C)OC3)C2)cc1C. The summed E-state index contributed by atoms with van der Waals surface area (Å²) in [5.74, 6) is -0.507. The summed E-state index contributed by atoms with van der Waals surface area (Å²) in [5.41, 5.74) is 3.20. The maximum absolute atomic E-state index is 12.3. The molecule has 2 aliphatic heterocycles. The molecule has 0 bridgehead atoms. The largest absolute Gasteiger partial charge is 0.350 e. The molecule has 1 N–H and O–H groups in total. The Kier molecular flexibility index (Phi) is 3.65. The molecule has 2 saturated heterocycles.